The van der Waals surface area contributed by atoms with Crippen LogP contribution in [0, 0.1) is 5.92 Å². The number of hydrogen-bond donors (Lipinski definition) is 1. The van der Waals surface area contributed by atoms with Gasteiger partial charge in [-0.2, -0.15) is 0 Å². The molecule has 0 saturated heterocycles. The van der Waals surface area contributed by atoms with Gasteiger partial charge in [-0.1, -0.05) is 44.0 Å². The van der Waals surface area contributed by atoms with Crippen LogP contribution in [-0.4, -0.2) is 42.5 Å². The second-order valence-electron chi connectivity index (χ2n) is 7.35. The molecular formula is C20H28N2O3. The molecule has 1 saturated carbocycles. The molecule has 3 atom stereocenters. The van der Waals surface area contributed by atoms with Crippen LogP contribution in [0.15, 0.2) is 24.3 Å². The monoisotopic (exact) mass is 344 g/mol. The molecule has 1 heterocycles. The van der Waals surface area contributed by atoms with Crippen molar-refractivity contribution in [3.63, 3.8) is 0 Å². The molecule has 0 radical (unpaired) electrons. The smallest absolute Gasteiger partial charge is 0.323 e. The number of esters is 1. The number of rotatable bonds is 4. The highest BCUT2D eigenvalue weighted by molar-refractivity contribution is 5.81. The summed E-state index contributed by atoms with van der Waals surface area (Å²) in [6, 6.07) is 7.96. The number of benzene rings is 1. The van der Waals surface area contributed by atoms with Gasteiger partial charge in [-0.05, 0) is 36.3 Å². The van der Waals surface area contributed by atoms with Crippen molar-refractivity contribution in [1.29, 1.82) is 0 Å². The Morgan fingerprint density at radius 2 is 1.92 bits per heavy atom. The van der Waals surface area contributed by atoms with Crippen LogP contribution in [0.2, 0.25) is 0 Å². The number of amides is 1. The normalized spacial score (nSPS) is 26.6. The Kier molecular flexibility index (Phi) is 5.74. The lowest BCUT2D eigenvalue weighted by atomic mass is 9.86. The van der Waals surface area contributed by atoms with Crippen molar-refractivity contribution in [2.45, 2.75) is 57.7 Å². The molecule has 0 spiro atoms. The summed E-state index contributed by atoms with van der Waals surface area (Å²) in [5.41, 5.74) is 2.34. The summed E-state index contributed by atoms with van der Waals surface area (Å²) < 4.78 is 4.97. The van der Waals surface area contributed by atoms with Crippen LogP contribution in [0.5, 0.6) is 0 Å². The number of methoxy groups -OCH3 is 1. The molecule has 1 fully saturated rings. The van der Waals surface area contributed by atoms with Gasteiger partial charge in [0, 0.05) is 12.6 Å². The molecule has 5 nitrogen and oxygen atoms in total. The lowest BCUT2D eigenvalue weighted by molar-refractivity contribution is -0.148. The predicted molar refractivity (Wildman–Crippen MR) is 95.9 cm³/mol. The Morgan fingerprint density at radius 3 is 2.64 bits per heavy atom. The first-order chi connectivity index (χ1) is 12.1. The summed E-state index contributed by atoms with van der Waals surface area (Å²) >= 11 is 0. The summed E-state index contributed by atoms with van der Waals surface area (Å²) in [6.45, 7) is 3.04. The molecule has 1 aliphatic heterocycles. The molecule has 0 aromatic heterocycles. The van der Waals surface area contributed by atoms with Crippen LogP contribution in [0.4, 0.5) is 0 Å². The fraction of sp³-hybridized carbons (Fsp3) is 0.600. The molecule has 25 heavy (non-hydrogen) atoms. The summed E-state index contributed by atoms with van der Waals surface area (Å²) in [5, 5.41) is 3.18. The molecule has 1 aliphatic carbocycles. The Balaban J connectivity index is 1.68. The number of nitrogens with one attached hydrogen (secondary N) is 1. The maximum atomic E-state index is 12.6. The number of ether oxygens (including phenoxy) is 1. The van der Waals surface area contributed by atoms with E-state index >= 15 is 0 Å². The van der Waals surface area contributed by atoms with Crippen molar-refractivity contribution < 1.29 is 14.3 Å². The van der Waals surface area contributed by atoms with E-state index in [4.69, 9.17) is 4.74 Å². The van der Waals surface area contributed by atoms with Gasteiger partial charge in [0.15, 0.2) is 0 Å². The summed E-state index contributed by atoms with van der Waals surface area (Å²) in [5.74, 6) is 0.261. The second-order valence-corrected chi connectivity index (χ2v) is 7.35. The third-order valence-electron chi connectivity index (χ3n) is 5.62. The largest absolute Gasteiger partial charge is 0.468 e. The molecule has 136 valence electrons. The highest BCUT2D eigenvalue weighted by Gasteiger charge is 2.34. The zero-order valence-corrected chi connectivity index (χ0v) is 15.2. The van der Waals surface area contributed by atoms with E-state index < -0.39 is 6.04 Å². The number of carbonyl (C=O) groups is 2. The van der Waals surface area contributed by atoms with Gasteiger partial charge in [0.1, 0.15) is 6.04 Å². The maximum absolute atomic E-state index is 12.6. The van der Waals surface area contributed by atoms with Gasteiger partial charge in [-0.3, -0.25) is 14.5 Å². The quantitative estimate of drug-likeness (QED) is 0.852. The molecule has 1 N–H and O–H groups in total. The van der Waals surface area contributed by atoms with Crippen LogP contribution in [0.1, 0.15) is 43.7 Å². The fourth-order valence-electron chi connectivity index (χ4n) is 4.08. The van der Waals surface area contributed by atoms with Gasteiger partial charge in [0.05, 0.1) is 13.7 Å². The van der Waals surface area contributed by atoms with Crippen molar-refractivity contribution in [3.05, 3.63) is 35.4 Å². The molecule has 5 heteroatoms. The molecule has 3 rings (SSSR count). The van der Waals surface area contributed by atoms with Gasteiger partial charge in [0.2, 0.25) is 5.91 Å². The minimum atomic E-state index is -0.394. The molecule has 1 aromatic rings. The van der Waals surface area contributed by atoms with E-state index in [-0.39, 0.29) is 24.5 Å². The van der Waals surface area contributed by atoms with Gasteiger partial charge in [-0.15, -0.1) is 0 Å². The first-order valence-electron chi connectivity index (χ1n) is 9.26. The summed E-state index contributed by atoms with van der Waals surface area (Å²) in [7, 11) is 1.41. The molecular weight excluding hydrogens is 316 g/mol. The third kappa shape index (κ3) is 4.21. The van der Waals surface area contributed by atoms with Crippen LogP contribution in [0.25, 0.3) is 0 Å². The van der Waals surface area contributed by atoms with E-state index in [2.05, 4.69) is 18.3 Å². The van der Waals surface area contributed by atoms with Crippen molar-refractivity contribution in [2.24, 2.45) is 5.92 Å². The Morgan fingerprint density at radius 1 is 1.20 bits per heavy atom. The standard InChI is InChI=1S/C20H28N2O3/c1-14-7-3-6-10-17(14)21-19(23)13-22-12-16-9-5-4-8-15(16)11-18(22)20(24)25-2/h4-5,8-9,14,17-18H,3,6-7,10-13H2,1-2H3,(H,21,23)/t14-,17+,18+/m0/s1. The lowest BCUT2D eigenvalue weighted by Gasteiger charge is -2.35. The molecule has 0 unspecified atom stereocenters. The highest BCUT2D eigenvalue weighted by Crippen LogP contribution is 2.25. The van der Waals surface area contributed by atoms with E-state index in [9.17, 15) is 9.59 Å². The first kappa shape index (κ1) is 17.9. The van der Waals surface area contributed by atoms with E-state index in [0.29, 0.717) is 18.9 Å². The zero-order valence-electron chi connectivity index (χ0n) is 15.2. The average Bonchev–Trinajstić information content (AvgIpc) is 2.62. The van der Waals surface area contributed by atoms with E-state index in [1.54, 1.807) is 0 Å². The minimum Gasteiger partial charge on any atom is -0.468 e. The SMILES string of the molecule is COC(=O)[C@H]1Cc2ccccc2CN1CC(=O)N[C@@H]1CCCC[C@@H]1C. The van der Waals surface area contributed by atoms with E-state index in [1.807, 2.05) is 23.1 Å². The van der Waals surface area contributed by atoms with Gasteiger partial charge in [-0.25, -0.2) is 0 Å². The zero-order chi connectivity index (χ0) is 17.8. The topological polar surface area (TPSA) is 58.6 Å². The number of fused-ring (bicyclic) bond motifs is 1. The molecule has 1 aromatic carbocycles. The minimum absolute atomic E-state index is 0.00651. The van der Waals surface area contributed by atoms with Crippen molar-refractivity contribution in [1.82, 2.24) is 10.2 Å². The first-order valence-corrected chi connectivity index (χ1v) is 9.26. The van der Waals surface area contributed by atoms with Crippen LogP contribution >= 0.6 is 0 Å². The highest BCUT2D eigenvalue weighted by atomic mass is 16.5. The lowest BCUT2D eigenvalue weighted by Crippen LogP contribution is -2.52. The van der Waals surface area contributed by atoms with Gasteiger partial charge >= 0.3 is 5.97 Å². The molecule has 2 aliphatic rings. The van der Waals surface area contributed by atoms with Crippen LogP contribution in [0.3, 0.4) is 0 Å². The Labute approximate surface area is 149 Å². The number of nitrogens with zero attached hydrogens (tertiary/aromatic N) is 1. The van der Waals surface area contributed by atoms with Gasteiger partial charge < -0.3 is 10.1 Å². The van der Waals surface area contributed by atoms with Crippen LogP contribution < -0.4 is 5.32 Å². The molecule has 0 bridgehead atoms. The second kappa shape index (κ2) is 8.00. The average molecular weight is 344 g/mol. The number of hydrogen-bond acceptors (Lipinski definition) is 4. The van der Waals surface area contributed by atoms with Crippen molar-refractivity contribution >= 4 is 11.9 Å². The van der Waals surface area contributed by atoms with E-state index in [0.717, 1.165) is 12.0 Å². The van der Waals surface area contributed by atoms with Crippen molar-refractivity contribution in [3.8, 4) is 0 Å². The summed E-state index contributed by atoms with van der Waals surface area (Å²) in [6.07, 6.45) is 5.25. The van der Waals surface area contributed by atoms with Gasteiger partial charge in [0.25, 0.3) is 0 Å². The van der Waals surface area contributed by atoms with Crippen molar-refractivity contribution in [2.75, 3.05) is 13.7 Å². The Bertz CT molecular complexity index is 631. The summed E-state index contributed by atoms with van der Waals surface area (Å²) in [4.78, 5) is 26.7. The predicted octanol–water partition coefficient (Wildman–Crippen LogP) is 2.28. The maximum Gasteiger partial charge on any atom is 0.323 e. The van der Waals surface area contributed by atoms with E-state index in [1.165, 1.54) is 31.9 Å². The third-order valence-corrected chi connectivity index (χ3v) is 5.62. The number of carbonyl (C=O) groups excluding carboxylic acids is 2. The molecule has 1 amide bonds. The fourth-order valence-corrected chi connectivity index (χ4v) is 4.08. The van der Waals surface area contributed by atoms with Crippen LogP contribution in [-0.2, 0) is 27.3 Å². The Hall–Kier alpha value is -1.88.